The smallest absolute Gasteiger partial charge is 0.352 e. The van der Waals surface area contributed by atoms with Crippen molar-refractivity contribution >= 4 is 11.8 Å². The Hall–Kier alpha value is -1.27. The lowest BCUT2D eigenvalue weighted by molar-refractivity contribution is -0.186. The number of halogens is 3. The highest BCUT2D eigenvalue weighted by Gasteiger charge is 2.47. The molecular weight excluding hydrogens is 237 g/mol. The van der Waals surface area contributed by atoms with Crippen LogP contribution in [-0.4, -0.2) is 41.5 Å². The molecule has 0 spiro atoms. The van der Waals surface area contributed by atoms with E-state index in [2.05, 4.69) is 5.32 Å². The minimum atomic E-state index is -4.92. The number of nitrogens with one attached hydrogen (secondary N) is 1. The Morgan fingerprint density at radius 3 is 2.41 bits per heavy atom. The second-order valence-electron chi connectivity index (χ2n) is 4.32. The van der Waals surface area contributed by atoms with Crippen LogP contribution in [-0.2, 0) is 9.59 Å². The lowest BCUT2D eigenvalue weighted by Crippen LogP contribution is -2.51. The standard InChI is InChI=1S/C10H15F3N2O2/c1-6(2)14-8(16)7-4-3-5-15(7)9(17)10(11,12)13/h6-7H,3-5H2,1-2H3,(H,14,16)/t7-/m0/s1. The highest BCUT2D eigenvalue weighted by molar-refractivity contribution is 5.90. The van der Waals surface area contributed by atoms with Gasteiger partial charge in [-0.2, -0.15) is 13.2 Å². The first-order chi connectivity index (χ1) is 7.73. The van der Waals surface area contributed by atoms with Crippen LogP contribution in [0.1, 0.15) is 26.7 Å². The fourth-order valence-corrected chi connectivity index (χ4v) is 1.83. The van der Waals surface area contributed by atoms with Crippen LogP contribution in [0.3, 0.4) is 0 Å². The molecule has 0 aliphatic carbocycles. The van der Waals surface area contributed by atoms with E-state index in [1.807, 2.05) is 0 Å². The van der Waals surface area contributed by atoms with Gasteiger partial charge in [0.1, 0.15) is 6.04 Å². The van der Waals surface area contributed by atoms with Crippen molar-refractivity contribution in [3.05, 3.63) is 0 Å². The molecule has 1 saturated heterocycles. The molecule has 0 radical (unpaired) electrons. The predicted octanol–water partition coefficient (Wildman–Crippen LogP) is 1.06. The van der Waals surface area contributed by atoms with Crippen LogP contribution >= 0.6 is 0 Å². The number of hydrogen-bond acceptors (Lipinski definition) is 2. The van der Waals surface area contributed by atoms with Crippen molar-refractivity contribution in [1.29, 1.82) is 0 Å². The minimum absolute atomic E-state index is 0.0193. The highest BCUT2D eigenvalue weighted by Crippen LogP contribution is 2.25. The lowest BCUT2D eigenvalue weighted by atomic mass is 10.2. The molecule has 7 heteroatoms. The number of carbonyl (C=O) groups excluding carboxylic acids is 2. The maximum Gasteiger partial charge on any atom is 0.471 e. The van der Waals surface area contributed by atoms with Crippen molar-refractivity contribution in [2.45, 2.75) is 44.9 Å². The average molecular weight is 252 g/mol. The van der Waals surface area contributed by atoms with Gasteiger partial charge < -0.3 is 10.2 Å². The van der Waals surface area contributed by atoms with Gasteiger partial charge in [-0.15, -0.1) is 0 Å². The third-order valence-corrected chi connectivity index (χ3v) is 2.49. The van der Waals surface area contributed by atoms with Crippen molar-refractivity contribution in [1.82, 2.24) is 10.2 Å². The maximum atomic E-state index is 12.3. The molecular formula is C10H15F3N2O2. The Bertz CT molecular complexity index is 315. The SMILES string of the molecule is CC(C)NC(=O)[C@@H]1CCCN1C(=O)C(F)(F)F. The summed E-state index contributed by atoms with van der Waals surface area (Å²) in [5.41, 5.74) is 0. The molecule has 17 heavy (non-hydrogen) atoms. The molecule has 0 aromatic carbocycles. The topological polar surface area (TPSA) is 49.4 Å². The third kappa shape index (κ3) is 3.34. The quantitative estimate of drug-likeness (QED) is 0.799. The number of alkyl halides is 3. The van der Waals surface area contributed by atoms with E-state index in [9.17, 15) is 22.8 Å². The third-order valence-electron chi connectivity index (χ3n) is 2.49. The summed E-state index contributed by atoms with van der Waals surface area (Å²) in [6.07, 6.45) is -4.22. The number of hydrogen-bond donors (Lipinski definition) is 1. The predicted molar refractivity (Wildman–Crippen MR) is 54.1 cm³/mol. The Morgan fingerprint density at radius 1 is 1.35 bits per heavy atom. The zero-order chi connectivity index (χ0) is 13.2. The summed E-state index contributed by atoms with van der Waals surface area (Å²) in [5.74, 6) is -2.45. The number of carbonyl (C=O) groups is 2. The van der Waals surface area contributed by atoms with E-state index in [0.29, 0.717) is 11.3 Å². The fraction of sp³-hybridized carbons (Fsp3) is 0.800. The van der Waals surface area contributed by atoms with Gasteiger partial charge in [-0.1, -0.05) is 0 Å². The van der Waals surface area contributed by atoms with E-state index >= 15 is 0 Å². The Labute approximate surface area is 97.1 Å². The van der Waals surface area contributed by atoms with E-state index < -0.39 is 24.0 Å². The van der Waals surface area contributed by atoms with Crippen molar-refractivity contribution in [3.8, 4) is 0 Å². The van der Waals surface area contributed by atoms with Gasteiger partial charge in [0.15, 0.2) is 0 Å². The second kappa shape index (κ2) is 4.93. The largest absolute Gasteiger partial charge is 0.471 e. The zero-order valence-electron chi connectivity index (χ0n) is 9.67. The van der Waals surface area contributed by atoms with E-state index in [1.165, 1.54) is 0 Å². The summed E-state index contributed by atoms with van der Waals surface area (Å²) in [5, 5.41) is 2.52. The van der Waals surface area contributed by atoms with Crippen molar-refractivity contribution in [2.75, 3.05) is 6.54 Å². The molecule has 1 rings (SSSR count). The van der Waals surface area contributed by atoms with Gasteiger partial charge in [0.05, 0.1) is 0 Å². The highest BCUT2D eigenvalue weighted by atomic mass is 19.4. The van der Waals surface area contributed by atoms with Crippen molar-refractivity contribution < 1.29 is 22.8 Å². The van der Waals surface area contributed by atoms with Gasteiger partial charge in [0.2, 0.25) is 5.91 Å². The molecule has 0 aromatic rings. The molecule has 1 aliphatic heterocycles. The van der Waals surface area contributed by atoms with Crippen LogP contribution in [0.5, 0.6) is 0 Å². The van der Waals surface area contributed by atoms with Crippen molar-refractivity contribution in [2.24, 2.45) is 0 Å². The summed E-state index contributed by atoms with van der Waals surface area (Å²) >= 11 is 0. The van der Waals surface area contributed by atoms with Gasteiger partial charge in [-0.3, -0.25) is 9.59 Å². The first-order valence-corrected chi connectivity index (χ1v) is 5.41. The molecule has 0 bridgehead atoms. The van der Waals surface area contributed by atoms with Crippen LogP contribution < -0.4 is 5.32 Å². The molecule has 1 N–H and O–H groups in total. The fourth-order valence-electron chi connectivity index (χ4n) is 1.83. The first-order valence-electron chi connectivity index (χ1n) is 5.41. The van der Waals surface area contributed by atoms with E-state index in [-0.39, 0.29) is 19.0 Å². The Morgan fingerprint density at radius 2 is 1.94 bits per heavy atom. The average Bonchev–Trinajstić information content (AvgIpc) is 2.61. The summed E-state index contributed by atoms with van der Waals surface area (Å²) in [7, 11) is 0. The summed E-state index contributed by atoms with van der Waals surface area (Å²) in [6, 6.07) is -1.16. The van der Waals surface area contributed by atoms with Crippen LogP contribution in [0.15, 0.2) is 0 Å². The molecule has 0 saturated carbocycles. The molecule has 4 nitrogen and oxygen atoms in total. The van der Waals surface area contributed by atoms with Gasteiger partial charge in [-0.05, 0) is 26.7 Å². The number of likely N-dealkylation sites (tertiary alicyclic amines) is 1. The molecule has 0 aromatic heterocycles. The molecule has 1 atom stereocenters. The van der Waals surface area contributed by atoms with E-state index in [1.54, 1.807) is 13.8 Å². The molecule has 1 fully saturated rings. The van der Waals surface area contributed by atoms with Gasteiger partial charge >= 0.3 is 12.1 Å². The molecule has 98 valence electrons. The number of amides is 2. The summed E-state index contributed by atoms with van der Waals surface area (Å²) < 4.78 is 36.8. The van der Waals surface area contributed by atoms with Crippen LogP contribution in [0.25, 0.3) is 0 Å². The normalized spacial score (nSPS) is 20.8. The van der Waals surface area contributed by atoms with Crippen LogP contribution in [0, 0.1) is 0 Å². The Balaban J connectivity index is 2.73. The number of rotatable bonds is 2. The van der Waals surface area contributed by atoms with Crippen LogP contribution in [0.4, 0.5) is 13.2 Å². The molecule has 2 amide bonds. The van der Waals surface area contributed by atoms with Crippen molar-refractivity contribution in [3.63, 3.8) is 0 Å². The molecule has 1 heterocycles. The van der Waals surface area contributed by atoms with Gasteiger partial charge in [-0.25, -0.2) is 0 Å². The van der Waals surface area contributed by atoms with Gasteiger partial charge in [0.25, 0.3) is 0 Å². The monoisotopic (exact) mass is 252 g/mol. The molecule has 1 aliphatic rings. The van der Waals surface area contributed by atoms with Gasteiger partial charge in [0, 0.05) is 12.6 Å². The second-order valence-corrected chi connectivity index (χ2v) is 4.32. The molecule has 0 unspecified atom stereocenters. The first kappa shape index (κ1) is 13.8. The summed E-state index contributed by atoms with van der Waals surface area (Å²) in [6.45, 7) is 3.40. The maximum absolute atomic E-state index is 12.3. The summed E-state index contributed by atoms with van der Waals surface area (Å²) in [4.78, 5) is 23.3. The minimum Gasteiger partial charge on any atom is -0.352 e. The van der Waals surface area contributed by atoms with E-state index in [0.717, 1.165) is 0 Å². The van der Waals surface area contributed by atoms with Crippen LogP contribution in [0.2, 0.25) is 0 Å². The van der Waals surface area contributed by atoms with E-state index in [4.69, 9.17) is 0 Å². The Kier molecular flexibility index (Phi) is 4.00. The lowest BCUT2D eigenvalue weighted by Gasteiger charge is -2.25. The zero-order valence-corrected chi connectivity index (χ0v) is 9.67. The number of nitrogens with zero attached hydrogens (tertiary/aromatic N) is 1.